The maximum absolute atomic E-state index is 13.5. The second kappa shape index (κ2) is 9.22. The van der Waals surface area contributed by atoms with Crippen molar-refractivity contribution >= 4 is 11.8 Å². The lowest BCUT2D eigenvalue weighted by molar-refractivity contribution is -0.137. The number of aromatic nitrogens is 2. The van der Waals surface area contributed by atoms with Crippen molar-refractivity contribution in [3.05, 3.63) is 77.7 Å². The highest BCUT2D eigenvalue weighted by molar-refractivity contribution is 5.40. The van der Waals surface area contributed by atoms with Crippen molar-refractivity contribution in [2.45, 2.75) is 12.7 Å². The van der Waals surface area contributed by atoms with Gasteiger partial charge in [0.15, 0.2) is 0 Å². The van der Waals surface area contributed by atoms with E-state index in [-0.39, 0.29) is 12.1 Å². The van der Waals surface area contributed by atoms with E-state index in [0.29, 0.717) is 31.0 Å². The number of nitrogens with zero attached hydrogens (tertiary/aromatic N) is 2. The first kappa shape index (κ1) is 20.4. The number of benzene rings is 2. The van der Waals surface area contributed by atoms with Crippen LogP contribution in [0.25, 0.3) is 0 Å². The van der Waals surface area contributed by atoms with E-state index in [1.807, 2.05) is 30.3 Å². The predicted octanol–water partition coefficient (Wildman–Crippen LogP) is 4.74. The standard InChI is InChI=1S/C20H18F4N4O/c21-16-11-14(10-15(12-16)20(22,23)24)13-27-18-6-7-25-19(28-18)26-8-9-29-17-4-2-1-3-5-17/h1-7,10-12H,8-9,13H2,(H2,25,26,27,28). The van der Waals surface area contributed by atoms with Gasteiger partial charge in [-0.05, 0) is 42.0 Å². The Morgan fingerprint density at radius 1 is 0.966 bits per heavy atom. The van der Waals surface area contributed by atoms with Gasteiger partial charge in [0.05, 0.1) is 12.1 Å². The van der Waals surface area contributed by atoms with E-state index in [2.05, 4.69) is 20.6 Å². The first-order valence-corrected chi connectivity index (χ1v) is 8.75. The van der Waals surface area contributed by atoms with Gasteiger partial charge >= 0.3 is 6.18 Å². The lowest BCUT2D eigenvalue weighted by atomic mass is 10.1. The summed E-state index contributed by atoms with van der Waals surface area (Å²) in [6, 6.07) is 13.3. The van der Waals surface area contributed by atoms with Crippen LogP contribution in [-0.2, 0) is 12.7 Å². The lowest BCUT2D eigenvalue weighted by Crippen LogP contribution is -2.14. The molecule has 152 valence electrons. The Hall–Kier alpha value is -3.36. The van der Waals surface area contributed by atoms with Crippen LogP contribution in [0.15, 0.2) is 60.8 Å². The Bertz CT molecular complexity index is 935. The second-order valence-electron chi connectivity index (χ2n) is 6.05. The van der Waals surface area contributed by atoms with E-state index < -0.39 is 17.6 Å². The molecule has 9 heteroatoms. The number of anilines is 2. The smallest absolute Gasteiger partial charge is 0.416 e. The van der Waals surface area contributed by atoms with Gasteiger partial charge in [0.2, 0.25) is 5.95 Å². The zero-order chi connectivity index (χ0) is 20.7. The molecule has 2 N–H and O–H groups in total. The van der Waals surface area contributed by atoms with Crippen LogP contribution in [0.5, 0.6) is 5.75 Å². The van der Waals surface area contributed by atoms with Gasteiger partial charge < -0.3 is 15.4 Å². The molecule has 3 rings (SSSR count). The van der Waals surface area contributed by atoms with Gasteiger partial charge in [-0.2, -0.15) is 18.2 Å². The number of halogens is 4. The Morgan fingerprint density at radius 2 is 1.76 bits per heavy atom. The first-order chi connectivity index (χ1) is 13.9. The van der Waals surface area contributed by atoms with Crippen molar-refractivity contribution in [3.8, 4) is 5.75 Å². The third kappa shape index (κ3) is 6.34. The summed E-state index contributed by atoms with van der Waals surface area (Å²) in [5, 5.41) is 5.86. The molecule has 0 amide bonds. The average molecular weight is 406 g/mol. The number of rotatable bonds is 8. The largest absolute Gasteiger partial charge is 0.492 e. The summed E-state index contributed by atoms with van der Waals surface area (Å²) in [5.74, 6) is 0.533. The molecule has 0 radical (unpaired) electrons. The van der Waals surface area contributed by atoms with Crippen molar-refractivity contribution < 1.29 is 22.3 Å². The van der Waals surface area contributed by atoms with Gasteiger partial charge in [0.1, 0.15) is 24.0 Å². The second-order valence-corrected chi connectivity index (χ2v) is 6.05. The summed E-state index contributed by atoms with van der Waals surface area (Å²) in [7, 11) is 0. The fourth-order valence-corrected chi connectivity index (χ4v) is 2.50. The molecule has 5 nitrogen and oxygen atoms in total. The highest BCUT2D eigenvalue weighted by Crippen LogP contribution is 2.30. The van der Waals surface area contributed by atoms with Crippen LogP contribution in [0, 0.1) is 5.82 Å². The molecule has 0 unspecified atom stereocenters. The minimum absolute atomic E-state index is 0.0194. The Balaban J connectivity index is 1.53. The predicted molar refractivity (Wildman–Crippen MR) is 101 cm³/mol. The van der Waals surface area contributed by atoms with Crippen molar-refractivity contribution in [3.63, 3.8) is 0 Å². The lowest BCUT2D eigenvalue weighted by Gasteiger charge is -2.11. The number of alkyl halides is 3. The highest BCUT2D eigenvalue weighted by Gasteiger charge is 2.31. The summed E-state index contributed by atoms with van der Waals surface area (Å²) in [5.41, 5.74) is -0.875. The molecule has 0 saturated carbocycles. The first-order valence-electron chi connectivity index (χ1n) is 8.75. The molecular weight excluding hydrogens is 388 g/mol. The quantitative estimate of drug-likeness (QED) is 0.418. The van der Waals surface area contributed by atoms with E-state index in [4.69, 9.17) is 4.74 Å². The van der Waals surface area contributed by atoms with Gasteiger partial charge in [0.25, 0.3) is 0 Å². The Kier molecular flexibility index (Phi) is 6.48. The van der Waals surface area contributed by atoms with Gasteiger partial charge in [-0.1, -0.05) is 18.2 Å². The highest BCUT2D eigenvalue weighted by atomic mass is 19.4. The molecule has 1 aromatic heterocycles. The number of para-hydroxylation sites is 1. The van der Waals surface area contributed by atoms with Crippen molar-refractivity contribution in [1.82, 2.24) is 9.97 Å². The fourth-order valence-electron chi connectivity index (χ4n) is 2.50. The molecule has 29 heavy (non-hydrogen) atoms. The van der Waals surface area contributed by atoms with Crippen LogP contribution >= 0.6 is 0 Å². The van der Waals surface area contributed by atoms with E-state index in [9.17, 15) is 17.6 Å². The molecule has 3 aromatic rings. The number of hydrogen-bond acceptors (Lipinski definition) is 5. The van der Waals surface area contributed by atoms with Crippen LogP contribution in [0.4, 0.5) is 29.3 Å². The zero-order valence-electron chi connectivity index (χ0n) is 15.2. The van der Waals surface area contributed by atoms with Crippen molar-refractivity contribution in [2.24, 2.45) is 0 Å². The monoisotopic (exact) mass is 406 g/mol. The number of ether oxygens (including phenoxy) is 1. The maximum atomic E-state index is 13.5. The van der Waals surface area contributed by atoms with E-state index in [1.165, 1.54) is 6.20 Å². The normalized spacial score (nSPS) is 11.2. The molecule has 0 aliphatic heterocycles. The summed E-state index contributed by atoms with van der Waals surface area (Å²) in [6.45, 7) is 0.833. The molecule has 0 aliphatic rings. The molecule has 0 spiro atoms. The maximum Gasteiger partial charge on any atom is 0.416 e. The van der Waals surface area contributed by atoms with Crippen LogP contribution in [0.1, 0.15) is 11.1 Å². The van der Waals surface area contributed by atoms with E-state index >= 15 is 0 Å². The zero-order valence-corrected chi connectivity index (χ0v) is 15.2. The van der Waals surface area contributed by atoms with Gasteiger partial charge in [0, 0.05) is 12.7 Å². The number of nitrogens with one attached hydrogen (secondary N) is 2. The van der Waals surface area contributed by atoms with Gasteiger partial charge in [-0.15, -0.1) is 0 Å². The third-order valence-corrected chi connectivity index (χ3v) is 3.81. The Labute approximate surface area is 164 Å². The van der Waals surface area contributed by atoms with Crippen LogP contribution in [0.3, 0.4) is 0 Å². The molecule has 0 aliphatic carbocycles. The summed E-state index contributed by atoms with van der Waals surface area (Å²) >= 11 is 0. The summed E-state index contributed by atoms with van der Waals surface area (Å²) < 4.78 is 57.4. The van der Waals surface area contributed by atoms with E-state index in [1.54, 1.807) is 6.07 Å². The fraction of sp³-hybridized carbons (Fsp3) is 0.200. The van der Waals surface area contributed by atoms with Crippen LogP contribution < -0.4 is 15.4 Å². The van der Waals surface area contributed by atoms with Gasteiger partial charge in [-0.25, -0.2) is 9.37 Å². The summed E-state index contributed by atoms with van der Waals surface area (Å²) in [6.07, 6.45) is -3.10. The topological polar surface area (TPSA) is 59.1 Å². The van der Waals surface area contributed by atoms with Gasteiger partial charge in [-0.3, -0.25) is 0 Å². The molecule has 0 saturated heterocycles. The molecule has 0 fully saturated rings. The molecule has 0 bridgehead atoms. The number of hydrogen-bond donors (Lipinski definition) is 2. The Morgan fingerprint density at radius 3 is 2.52 bits per heavy atom. The van der Waals surface area contributed by atoms with Crippen LogP contribution in [0.2, 0.25) is 0 Å². The molecular formula is C20H18F4N4O. The minimum atomic E-state index is -4.61. The average Bonchev–Trinajstić information content (AvgIpc) is 2.70. The third-order valence-electron chi connectivity index (χ3n) is 3.81. The van der Waals surface area contributed by atoms with Crippen molar-refractivity contribution in [1.29, 1.82) is 0 Å². The van der Waals surface area contributed by atoms with Crippen LogP contribution in [-0.4, -0.2) is 23.1 Å². The SMILES string of the molecule is Fc1cc(CNc2ccnc(NCCOc3ccccc3)n2)cc(C(F)(F)F)c1. The molecule has 0 atom stereocenters. The summed E-state index contributed by atoms with van der Waals surface area (Å²) in [4.78, 5) is 8.29. The molecule has 2 aromatic carbocycles. The van der Waals surface area contributed by atoms with E-state index in [0.717, 1.165) is 17.9 Å². The minimum Gasteiger partial charge on any atom is -0.492 e. The van der Waals surface area contributed by atoms with Crippen molar-refractivity contribution in [2.75, 3.05) is 23.8 Å². The molecule has 1 heterocycles.